The minimum Gasteiger partial charge on any atom is -0.456 e. The Morgan fingerprint density at radius 3 is 1.70 bits per heavy atom. The zero-order valence-electron chi connectivity index (χ0n) is 34.5. The Morgan fingerprint density at radius 1 is 0.443 bits per heavy atom. The molecule has 7 heterocycles. The van der Waals surface area contributed by atoms with Crippen molar-refractivity contribution in [3.8, 4) is 33.4 Å². The molecule has 6 aliphatic rings. The zero-order valence-corrected chi connectivity index (χ0v) is 34.5. The van der Waals surface area contributed by atoms with E-state index in [-0.39, 0.29) is 0 Å². The van der Waals surface area contributed by atoms with Crippen LogP contribution in [0, 0.1) is 0 Å². The maximum atomic E-state index is 6.64. The highest BCUT2D eigenvalue weighted by Crippen LogP contribution is 2.47. The molecule has 3 aromatic heterocycles. The van der Waals surface area contributed by atoms with E-state index in [4.69, 9.17) is 13.3 Å². The molecule has 7 aromatic rings. The molecule has 0 spiro atoms. The molecular formula is C56H48N2O3. The fraction of sp³-hybridized carbons (Fsp3) is 0.250. The number of anilines is 2. The van der Waals surface area contributed by atoms with Crippen LogP contribution in [0.4, 0.5) is 11.4 Å². The summed E-state index contributed by atoms with van der Waals surface area (Å²) < 4.78 is 19.7. The summed E-state index contributed by atoms with van der Waals surface area (Å²) in [6, 6.07) is 27.6. The van der Waals surface area contributed by atoms with Crippen LogP contribution in [0.2, 0.25) is 0 Å². The van der Waals surface area contributed by atoms with E-state index in [2.05, 4.69) is 137 Å². The topological polar surface area (TPSA) is 45.9 Å². The van der Waals surface area contributed by atoms with Crippen molar-refractivity contribution < 1.29 is 13.3 Å². The number of hydrogen-bond donors (Lipinski definition) is 0. The number of nitrogens with zero attached hydrogens (tertiary/aromatic N) is 2. The van der Waals surface area contributed by atoms with Crippen LogP contribution < -0.4 is 9.80 Å². The summed E-state index contributed by atoms with van der Waals surface area (Å²) in [6.07, 6.45) is 30.4. The van der Waals surface area contributed by atoms with Crippen molar-refractivity contribution in [3.63, 3.8) is 0 Å². The highest BCUT2D eigenvalue weighted by atomic mass is 16.3. The standard InChI is InChI=1S/C56H48N2O3/c1-2-24-57-26-23-35(7-1)8-3-13-52-55(57)46-32-39(18-21-49(46)60-52)43-28-42(38-17-20-48-45(31-38)54-41-16-15-36(27-41)9-4-12-51(54)59-48)29-44(30-43)40-19-22-50-47(33-40)56-53(61-50)14-5-10-37-11-6-25-58(56)34-37/h3-5,8-10,12-14,17-22,28-33,41H,1-2,6-7,11,15-16,23-27,34H2/b12-4-,13-3-,14-5-,35-8-,36-9-,37-10-. The molecule has 2 aliphatic carbocycles. The predicted octanol–water partition coefficient (Wildman–Crippen LogP) is 15.0. The second-order valence-corrected chi connectivity index (χ2v) is 18.2. The Kier molecular flexibility index (Phi) is 8.14. The van der Waals surface area contributed by atoms with Gasteiger partial charge in [-0.1, -0.05) is 71.4 Å². The number of fused-ring (bicyclic) bond motifs is 19. The van der Waals surface area contributed by atoms with E-state index in [1.165, 1.54) is 110 Å². The van der Waals surface area contributed by atoms with E-state index in [9.17, 15) is 0 Å². The molecule has 4 aromatic carbocycles. The van der Waals surface area contributed by atoms with Gasteiger partial charge < -0.3 is 23.1 Å². The quantitative estimate of drug-likeness (QED) is 0.178. The van der Waals surface area contributed by atoms with Gasteiger partial charge in [-0.2, -0.15) is 0 Å². The van der Waals surface area contributed by atoms with E-state index in [1.807, 2.05) is 0 Å². The Hall–Kier alpha value is -6.46. The van der Waals surface area contributed by atoms with Crippen molar-refractivity contribution in [2.75, 3.05) is 36.0 Å². The summed E-state index contributed by atoms with van der Waals surface area (Å²) in [7, 11) is 0. The molecule has 3 fully saturated rings. The minimum absolute atomic E-state index is 0.489. The lowest BCUT2D eigenvalue weighted by molar-refractivity contribution is 0.588. The van der Waals surface area contributed by atoms with Crippen molar-refractivity contribution in [2.24, 2.45) is 0 Å². The largest absolute Gasteiger partial charge is 0.456 e. The van der Waals surface area contributed by atoms with Gasteiger partial charge in [-0.25, -0.2) is 0 Å². The Balaban J connectivity index is 0.987. The van der Waals surface area contributed by atoms with Crippen LogP contribution in [0.1, 0.15) is 86.5 Å². The van der Waals surface area contributed by atoms with Gasteiger partial charge in [0.05, 0.1) is 11.4 Å². The van der Waals surface area contributed by atoms with Crippen molar-refractivity contribution in [1.29, 1.82) is 0 Å². The first-order chi connectivity index (χ1) is 30.1. The summed E-state index contributed by atoms with van der Waals surface area (Å²) in [6.45, 7) is 4.05. The van der Waals surface area contributed by atoms with Crippen molar-refractivity contribution in [2.45, 2.75) is 63.7 Å². The molecule has 2 saturated heterocycles. The molecule has 61 heavy (non-hydrogen) atoms. The molecule has 0 radical (unpaired) electrons. The van der Waals surface area contributed by atoms with Crippen LogP contribution in [0.25, 0.3) is 84.5 Å². The number of benzene rings is 4. The van der Waals surface area contributed by atoms with Gasteiger partial charge in [0.15, 0.2) is 11.5 Å². The average molecular weight is 797 g/mol. The van der Waals surface area contributed by atoms with Gasteiger partial charge >= 0.3 is 0 Å². The summed E-state index contributed by atoms with van der Waals surface area (Å²) in [5, 5.41) is 3.61. The van der Waals surface area contributed by atoms with Crippen molar-refractivity contribution in [1.82, 2.24) is 0 Å². The molecule has 5 heteroatoms. The highest BCUT2D eigenvalue weighted by Gasteiger charge is 2.29. The molecule has 6 bridgehead atoms. The first-order valence-electron chi connectivity index (χ1n) is 22.6. The molecule has 0 amide bonds. The molecule has 4 aliphatic heterocycles. The molecule has 1 saturated carbocycles. The lowest BCUT2D eigenvalue weighted by Gasteiger charge is -2.31. The molecule has 1 unspecified atom stereocenters. The molecular weight excluding hydrogens is 749 g/mol. The SMILES string of the molecule is C1=C\c2oc3ccc(-c4cc(-c5ccc6oc7c(c6c5)N5CCCC/C(=C/C=C\7)CC5)cc(-c5ccc6oc7c(c6c5)N5CCC/C(=C/C=C\7)C5)c4)cc3c2C2CC/C(=C/1)C2. The fourth-order valence-electron chi connectivity index (χ4n) is 11.3. The van der Waals surface area contributed by atoms with E-state index >= 15 is 0 Å². The maximum absolute atomic E-state index is 6.64. The van der Waals surface area contributed by atoms with Gasteiger partial charge in [0.1, 0.15) is 22.5 Å². The Labute approximate surface area is 356 Å². The molecule has 1 atom stereocenters. The molecule has 13 rings (SSSR count). The highest BCUT2D eigenvalue weighted by molar-refractivity contribution is 6.01. The normalized spacial score (nSPS) is 23.6. The van der Waals surface area contributed by atoms with Gasteiger partial charge in [0.2, 0.25) is 0 Å². The fourth-order valence-corrected chi connectivity index (χ4v) is 11.3. The van der Waals surface area contributed by atoms with Gasteiger partial charge in [0.25, 0.3) is 0 Å². The summed E-state index contributed by atoms with van der Waals surface area (Å²) in [5.41, 5.74) is 18.4. The number of piperidine rings is 1. The van der Waals surface area contributed by atoms with Gasteiger partial charge in [-0.15, -0.1) is 0 Å². The second kappa shape index (κ2) is 14.1. The third-order valence-electron chi connectivity index (χ3n) is 14.4. The Morgan fingerprint density at radius 2 is 1.00 bits per heavy atom. The van der Waals surface area contributed by atoms with Crippen molar-refractivity contribution >= 4 is 62.5 Å². The molecule has 5 nitrogen and oxygen atoms in total. The number of rotatable bonds is 3. The number of allylic oxidation sites excluding steroid dienone is 7. The predicted molar refractivity (Wildman–Crippen MR) is 252 cm³/mol. The van der Waals surface area contributed by atoms with E-state index in [0.717, 1.165) is 85.9 Å². The average Bonchev–Trinajstić information content (AvgIpc) is 4.06. The molecule has 0 N–H and O–H groups in total. The smallest absolute Gasteiger partial charge is 0.151 e. The van der Waals surface area contributed by atoms with Crippen LogP contribution in [0.5, 0.6) is 0 Å². The van der Waals surface area contributed by atoms with E-state index in [1.54, 1.807) is 5.57 Å². The first kappa shape index (κ1) is 35.3. The van der Waals surface area contributed by atoms with Gasteiger partial charge in [-0.3, -0.25) is 0 Å². The van der Waals surface area contributed by atoms with Crippen LogP contribution in [-0.4, -0.2) is 26.2 Å². The van der Waals surface area contributed by atoms with Crippen LogP contribution in [0.15, 0.2) is 139 Å². The summed E-state index contributed by atoms with van der Waals surface area (Å²) in [4.78, 5) is 5.11. The number of hydrogen-bond acceptors (Lipinski definition) is 5. The van der Waals surface area contributed by atoms with Crippen LogP contribution in [0.3, 0.4) is 0 Å². The lowest BCUT2D eigenvalue weighted by Crippen LogP contribution is -2.31. The zero-order chi connectivity index (χ0) is 40.0. The first-order valence-corrected chi connectivity index (χ1v) is 22.6. The van der Waals surface area contributed by atoms with Crippen LogP contribution >= 0.6 is 0 Å². The Bertz CT molecular complexity index is 3150. The number of furan rings is 3. The molecule has 300 valence electrons. The summed E-state index contributed by atoms with van der Waals surface area (Å²) in [5.74, 6) is 3.41. The van der Waals surface area contributed by atoms with E-state index < -0.39 is 0 Å². The van der Waals surface area contributed by atoms with Gasteiger partial charge in [-0.05, 0) is 170 Å². The third-order valence-corrected chi connectivity index (χ3v) is 14.4. The van der Waals surface area contributed by atoms with Crippen molar-refractivity contribution in [3.05, 3.63) is 149 Å². The monoisotopic (exact) mass is 796 g/mol. The minimum atomic E-state index is 0.489. The van der Waals surface area contributed by atoms with E-state index in [0.29, 0.717) is 5.92 Å². The second-order valence-electron chi connectivity index (χ2n) is 18.2. The lowest BCUT2D eigenvalue weighted by atomic mass is 9.90. The van der Waals surface area contributed by atoms with Crippen LogP contribution in [-0.2, 0) is 0 Å². The van der Waals surface area contributed by atoms with Gasteiger partial charge in [0, 0.05) is 47.9 Å². The summed E-state index contributed by atoms with van der Waals surface area (Å²) >= 11 is 0. The maximum Gasteiger partial charge on any atom is 0.151 e. The third kappa shape index (κ3) is 6.03.